The number of hydrogen-bond acceptors (Lipinski definition) is 6. The van der Waals surface area contributed by atoms with E-state index in [1.807, 2.05) is 0 Å². The summed E-state index contributed by atoms with van der Waals surface area (Å²) in [4.78, 5) is 0. The smallest absolute Gasteiger partial charge is 0.331 e. The Kier molecular flexibility index (Phi) is 10.1. The van der Waals surface area contributed by atoms with Crippen molar-refractivity contribution < 1.29 is 26.6 Å². The maximum absolute atomic E-state index is 5.70. The molecule has 0 aliphatic carbocycles. The van der Waals surface area contributed by atoms with E-state index in [1.54, 1.807) is 42.7 Å². The summed E-state index contributed by atoms with van der Waals surface area (Å²) in [5.74, 6) is 0. The summed E-state index contributed by atoms with van der Waals surface area (Å²) in [5.41, 5.74) is 3.01. The molecule has 0 bridgehead atoms. The van der Waals surface area contributed by atoms with Gasteiger partial charge in [-0.2, -0.15) is 0 Å². The molecule has 0 N–H and O–H groups in total. The highest BCUT2D eigenvalue weighted by Gasteiger charge is 2.44. The van der Waals surface area contributed by atoms with Gasteiger partial charge in [0.2, 0.25) is 0 Å². The van der Waals surface area contributed by atoms with Gasteiger partial charge in [-0.05, 0) is 36.6 Å². The lowest BCUT2D eigenvalue weighted by Crippen LogP contribution is -2.51. The molecule has 0 heterocycles. The SMILES string of the molecule is CO[Si](C)(C[SiH](C[Si](C)(OC)OC)C[Si](C)(OC)OC)OC. The van der Waals surface area contributed by atoms with Crippen molar-refractivity contribution in [3.05, 3.63) is 0 Å². The fourth-order valence-corrected chi connectivity index (χ4v) is 25.3. The zero-order valence-corrected chi connectivity index (χ0v) is 19.8. The Balaban J connectivity index is 5.22. The summed E-state index contributed by atoms with van der Waals surface area (Å²) in [6.07, 6.45) is 0. The van der Waals surface area contributed by atoms with Crippen LogP contribution < -0.4 is 0 Å². The van der Waals surface area contributed by atoms with Crippen LogP contribution in [0.1, 0.15) is 0 Å². The Morgan fingerprint density at radius 1 is 0.500 bits per heavy atom. The summed E-state index contributed by atoms with van der Waals surface area (Å²) < 4.78 is 34.2. The van der Waals surface area contributed by atoms with Crippen LogP contribution in [0, 0.1) is 0 Å². The molecule has 0 saturated heterocycles. The van der Waals surface area contributed by atoms with Crippen molar-refractivity contribution in [2.24, 2.45) is 0 Å². The summed E-state index contributed by atoms with van der Waals surface area (Å²) in [6.45, 7) is 6.35. The topological polar surface area (TPSA) is 55.4 Å². The van der Waals surface area contributed by atoms with Crippen LogP contribution in [0.15, 0.2) is 0 Å². The van der Waals surface area contributed by atoms with Crippen molar-refractivity contribution >= 4 is 34.5 Å². The van der Waals surface area contributed by atoms with Crippen molar-refractivity contribution in [2.45, 2.75) is 36.6 Å². The Labute approximate surface area is 140 Å². The predicted molar refractivity (Wildman–Crippen MR) is 98.5 cm³/mol. The van der Waals surface area contributed by atoms with Crippen molar-refractivity contribution in [1.29, 1.82) is 0 Å². The first-order chi connectivity index (χ1) is 10.1. The van der Waals surface area contributed by atoms with Crippen LogP contribution in [0.2, 0.25) is 36.6 Å². The molecule has 134 valence electrons. The van der Waals surface area contributed by atoms with E-state index in [-0.39, 0.29) is 0 Å². The van der Waals surface area contributed by atoms with Crippen LogP contribution in [0.3, 0.4) is 0 Å². The van der Waals surface area contributed by atoms with Gasteiger partial charge in [0.15, 0.2) is 0 Å². The van der Waals surface area contributed by atoms with E-state index < -0.39 is 34.5 Å². The highest BCUT2D eigenvalue weighted by molar-refractivity contribution is 6.94. The van der Waals surface area contributed by atoms with Gasteiger partial charge in [-0.1, -0.05) is 0 Å². The largest absolute Gasteiger partial charge is 0.398 e. The van der Waals surface area contributed by atoms with Gasteiger partial charge in [0.1, 0.15) is 0 Å². The Bertz CT molecular complexity index is 260. The first-order valence-electron chi connectivity index (χ1n) is 7.46. The van der Waals surface area contributed by atoms with Gasteiger partial charge >= 0.3 is 25.7 Å². The zero-order valence-electron chi connectivity index (χ0n) is 15.6. The molecule has 6 nitrogen and oxygen atoms in total. The minimum atomic E-state index is -2.13. The van der Waals surface area contributed by atoms with Crippen molar-refractivity contribution in [3.8, 4) is 0 Å². The third-order valence-corrected chi connectivity index (χ3v) is 25.6. The highest BCUT2D eigenvalue weighted by atomic mass is 28.4. The van der Waals surface area contributed by atoms with E-state index in [9.17, 15) is 0 Å². The van der Waals surface area contributed by atoms with Crippen LogP contribution in [0.5, 0.6) is 0 Å². The lowest BCUT2D eigenvalue weighted by Gasteiger charge is -2.34. The van der Waals surface area contributed by atoms with Crippen molar-refractivity contribution in [3.63, 3.8) is 0 Å². The monoisotopic (exact) mass is 386 g/mol. The third kappa shape index (κ3) is 7.03. The van der Waals surface area contributed by atoms with Crippen molar-refractivity contribution in [1.82, 2.24) is 0 Å². The number of rotatable bonds is 12. The second-order valence-electron chi connectivity index (χ2n) is 6.10. The second-order valence-corrected chi connectivity index (χ2v) is 22.0. The summed E-state index contributed by atoms with van der Waals surface area (Å²) in [7, 11) is 2.80. The Morgan fingerprint density at radius 3 is 0.818 bits per heavy atom. The van der Waals surface area contributed by atoms with E-state index >= 15 is 0 Å². The molecule has 0 aliphatic heterocycles. The standard InChI is InChI=1S/C12H34O6Si4/c1-13-20(7,14-2)10-19(11-21(8,15-3)16-4)12-22(9,17-5)18-6/h19H,10-12H2,1-9H3. The molecular formula is C12H34O6Si4. The van der Waals surface area contributed by atoms with Gasteiger partial charge in [0, 0.05) is 51.5 Å². The van der Waals surface area contributed by atoms with Crippen molar-refractivity contribution in [2.75, 3.05) is 42.7 Å². The van der Waals surface area contributed by atoms with Gasteiger partial charge < -0.3 is 26.6 Å². The van der Waals surface area contributed by atoms with E-state index in [0.29, 0.717) is 0 Å². The van der Waals surface area contributed by atoms with Gasteiger partial charge in [0.25, 0.3) is 0 Å². The molecule has 0 aliphatic rings. The normalized spacial score (nSPS) is 13.9. The molecule has 0 saturated carbocycles. The minimum Gasteiger partial charge on any atom is -0.398 e. The molecule has 0 spiro atoms. The molecule has 0 rings (SSSR count). The molecule has 0 aromatic carbocycles. The lowest BCUT2D eigenvalue weighted by atomic mass is 11.7. The molecule has 0 aromatic heterocycles. The quantitative estimate of drug-likeness (QED) is 0.478. The molecular weight excluding hydrogens is 352 g/mol. The van der Waals surface area contributed by atoms with Crippen LogP contribution in [0.4, 0.5) is 0 Å². The fraction of sp³-hybridized carbons (Fsp3) is 1.00. The van der Waals surface area contributed by atoms with E-state index in [0.717, 1.165) is 17.0 Å². The first kappa shape index (κ1) is 22.6. The van der Waals surface area contributed by atoms with Crippen LogP contribution in [-0.4, -0.2) is 77.1 Å². The molecule has 0 fully saturated rings. The summed E-state index contributed by atoms with van der Waals surface area (Å²) in [5, 5.41) is 0. The third-order valence-electron chi connectivity index (χ3n) is 4.57. The molecule has 0 radical (unpaired) electrons. The van der Waals surface area contributed by atoms with Gasteiger partial charge in [-0.3, -0.25) is 0 Å². The first-order valence-corrected chi connectivity index (χ1v) is 17.5. The van der Waals surface area contributed by atoms with Crippen LogP contribution in [-0.2, 0) is 26.6 Å². The van der Waals surface area contributed by atoms with E-state index in [4.69, 9.17) is 26.6 Å². The Morgan fingerprint density at radius 2 is 0.682 bits per heavy atom. The van der Waals surface area contributed by atoms with E-state index in [1.165, 1.54) is 0 Å². The fourth-order valence-electron chi connectivity index (χ4n) is 2.54. The molecule has 22 heavy (non-hydrogen) atoms. The zero-order chi connectivity index (χ0) is 17.4. The van der Waals surface area contributed by atoms with E-state index in [2.05, 4.69) is 19.6 Å². The lowest BCUT2D eigenvalue weighted by molar-refractivity contribution is 0.250. The van der Waals surface area contributed by atoms with Crippen LogP contribution in [0.25, 0.3) is 0 Å². The maximum atomic E-state index is 5.70. The van der Waals surface area contributed by atoms with Crippen LogP contribution >= 0.6 is 0 Å². The highest BCUT2D eigenvalue weighted by Crippen LogP contribution is 2.27. The molecule has 10 heteroatoms. The second kappa shape index (κ2) is 9.81. The maximum Gasteiger partial charge on any atom is 0.331 e. The Hall–Kier alpha value is 0.628. The predicted octanol–water partition coefficient (Wildman–Crippen LogP) is 1.93. The summed E-state index contributed by atoms with van der Waals surface area (Å²) in [6, 6.07) is 0. The van der Waals surface area contributed by atoms with Gasteiger partial charge in [-0.25, -0.2) is 0 Å². The number of hydrogen-bond donors (Lipinski definition) is 0. The van der Waals surface area contributed by atoms with Gasteiger partial charge in [-0.15, -0.1) is 0 Å². The van der Waals surface area contributed by atoms with Gasteiger partial charge in [0.05, 0.1) is 0 Å². The average Bonchev–Trinajstić information content (AvgIpc) is 2.54. The molecule has 0 amide bonds. The molecule has 0 atom stereocenters. The average molecular weight is 387 g/mol. The summed E-state index contributed by atoms with van der Waals surface area (Å²) >= 11 is 0. The minimum absolute atomic E-state index is 1.00. The molecule has 0 aromatic rings. The molecule has 0 unspecified atom stereocenters.